The fourth-order valence-corrected chi connectivity index (χ4v) is 7.82. The van der Waals surface area contributed by atoms with Gasteiger partial charge in [-0.05, 0) is 31.1 Å². The van der Waals surface area contributed by atoms with Crippen molar-refractivity contribution in [3.8, 4) is 0 Å². The number of hydrogen-bond acceptors (Lipinski definition) is 4. The summed E-state index contributed by atoms with van der Waals surface area (Å²) in [5, 5.41) is 0. The van der Waals surface area contributed by atoms with Crippen molar-refractivity contribution in [2.45, 2.75) is 36.5 Å². The van der Waals surface area contributed by atoms with Crippen LogP contribution in [0, 0.1) is 11.8 Å². The highest BCUT2D eigenvalue weighted by Gasteiger charge is 2.70. The molecule has 18 heavy (non-hydrogen) atoms. The van der Waals surface area contributed by atoms with Gasteiger partial charge in [-0.1, -0.05) is 6.42 Å². The fraction of sp³-hybridized carbons (Fsp3) is 1.00. The van der Waals surface area contributed by atoms with Crippen molar-refractivity contribution in [2.75, 3.05) is 32.1 Å². The maximum Gasteiger partial charge on any atom is 0.159 e. The Morgan fingerprint density at radius 2 is 1.94 bits per heavy atom. The lowest BCUT2D eigenvalue weighted by molar-refractivity contribution is -0.000713. The lowest BCUT2D eigenvalue weighted by Gasteiger charge is -2.56. The third-order valence-corrected chi connectivity index (χ3v) is 8.53. The predicted molar refractivity (Wildman–Crippen MR) is 68.1 cm³/mol. The van der Waals surface area contributed by atoms with E-state index in [4.69, 9.17) is 4.74 Å². The monoisotopic (exact) mass is 271 g/mol. The van der Waals surface area contributed by atoms with E-state index in [1.54, 1.807) is 0 Å². The number of hydrogen-bond donors (Lipinski definition) is 0. The fourth-order valence-electron chi connectivity index (χ4n) is 5.03. The van der Waals surface area contributed by atoms with Crippen LogP contribution in [0.1, 0.15) is 25.7 Å². The molecule has 4 rings (SSSR count). The Morgan fingerprint density at radius 3 is 2.50 bits per heavy atom. The molecule has 0 amide bonds. The van der Waals surface area contributed by atoms with E-state index < -0.39 is 9.84 Å². The van der Waals surface area contributed by atoms with Gasteiger partial charge in [0.25, 0.3) is 0 Å². The highest BCUT2D eigenvalue weighted by Crippen LogP contribution is 2.61. The van der Waals surface area contributed by atoms with Gasteiger partial charge in [0.15, 0.2) is 9.84 Å². The third-order valence-electron chi connectivity index (χ3n) is 5.85. The van der Waals surface area contributed by atoms with Crippen molar-refractivity contribution in [1.82, 2.24) is 4.90 Å². The molecule has 4 nitrogen and oxygen atoms in total. The Bertz CT molecular complexity index is 457. The largest absolute Gasteiger partial charge is 0.379 e. The quantitative estimate of drug-likeness (QED) is 0.703. The maximum absolute atomic E-state index is 12.4. The van der Waals surface area contributed by atoms with E-state index >= 15 is 0 Å². The van der Waals surface area contributed by atoms with Crippen LogP contribution in [0.5, 0.6) is 0 Å². The second-order valence-electron chi connectivity index (χ2n) is 6.48. The van der Waals surface area contributed by atoms with Crippen LogP contribution in [0.4, 0.5) is 0 Å². The molecule has 0 unspecified atom stereocenters. The number of ether oxygens (including phenoxy) is 1. The minimum absolute atomic E-state index is 0.293. The van der Waals surface area contributed by atoms with Gasteiger partial charge in [0, 0.05) is 19.1 Å². The molecular weight excluding hydrogens is 250 g/mol. The van der Waals surface area contributed by atoms with Crippen molar-refractivity contribution in [3.05, 3.63) is 0 Å². The van der Waals surface area contributed by atoms with Crippen LogP contribution in [0.2, 0.25) is 0 Å². The number of fused-ring (bicyclic) bond motifs is 3. The molecule has 0 aromatic rings. The first-order valence-electron chi connectivity index (χ1n) is 7.17. The molecular formula is C13H21NO3S. The Kier molecular flexibility index (Phi) is 2.40. The number of nitrogens with zero attached hydrogens (tertiary/aromatic N) is 1. The molecule has 0 radical (unpaired) electrons. The van der Waals surface area contributed by atoms with Crippen molar-refractivity contribution < 1.29 is 13.2 Å². The molecule has 4 aliphatic rings. The van der Waals surface area contributed by atoms with Gasteiger partial charge in [0.2, 0.25) is 0 Å². The van der Waals surface area contributed by atoms with E-state index in [1.165, 1.54) is 12.8 Å². The Hall–Kier alpha value is -0.130. The number of sulfone groups is 1. The van der Waals surface area contributed by atoms with Gasteiger partial charge in [-0.3, -0.25) is 4.90 Å². The molecule has 102 valence electrons. The third kappa shape index (κ3) is 1.30. The standard InChI is InChI=1S/C13H21NO3S/c15-18(16)9-12(14-3-5-17-6-4-14)13(18)8-10-1-2-11(13)7-10/h10-12H,1-9H2/t10-,11-,12-,13+/m0/s1. The zero-order valence-corrected chi connectivity index (χ0v) is 11.5. The molecule has 2 saturated carbocycles. The van der Waals surface area contributed by atoms with Crippen LogP contribution in [0.25, 0.3) is 0 Å². The minimum atomic E-state index is -2.83. The molecule has 2 heterocycles. The van der Waals surface area contributed by atoms with Crippen LogP contribution in [0.15, 0.2) is 0 Å². The first-order chi connectivity index (χ1) is 8.63. The molecule has 2 bridgehead atoms. The zero-order valence-electron chi connectivity index (χ0n) is 10.7. The van der Waals surface area contributed by atoms with Gasteiger partial charge >= 0.3 is 0 Å². The highest BCUT2D eigenvalue weighted by atomic mass is 32.2. The predicted octanol–water partition coefficient (Wildman–Crippen LogP) is 0.674. The van der Waals surface area contributed by atoms with Crippen molar-refractivity contribution >= 4 is 9.84 Å². The molecule has 2 aliphatic carbocycles. The van der Waals surface area contributed by atoms with Crippen molar-refractivity contribution in [3.63, 3.8) is 0 Å². The summed E-state index contributed by atoms with van der Waals surface area (Å²) in [6.45, 7) is 3.36. The normalized spacial score (nSPS) is 50.6. The Labute approximate surface area is 109 Å². The Morgan fingerprint density at radius 1 is 1.17 bits per heavy atom. The number of rotatable bonds is 1. The van der Waals surface area contributed by atoms with E-state index in [-0.39, 0.29) is 4.75 Å². The van der Waals surface area contributed by atoms with Crippen LogP contribution >= 0.6 is 0 Å². The van der Waals surface area contributed by atoms with E-state index in [1.807, 2.05) is 0 Å². The molecule has 4 fully saturated rings. The van der Waals surface area contributed by atoms with Crippen molar-refractivity contribution in [2.24, 2.45) is 11.8 Å². The topological polar surface area (TPSA) is 46.6 Å². The number of morpholine rings is 1. The highest BCUT2D eigenvalue weighted by molar-refractivity contribution is 7.94. The first kappa shape index (κ1) is 11.7. The summed E-state index contributed by atoms with van der Waals surface area (Å²) in [6, 6.07) is 0.293. The molecule has 0 aromatic carbocycles. The second-order valence-corrected chi connectivity index (χ2v) is 8.80. The first-order valence-corrected chi connectivity index (χ1v) is 8.83. The van der Waals surface area contributed by atoms with Crippen LogP contribution < -0.4 is 0 Å². The molecule has 0 aromatic heterocycles. The molecule has 2 saturated heterocycles. The molecule has 2 aliphatic heterocycles. The van der Waals surface area contributed by atoms with Crippen LogP contribution in [-0.4, -0.2) is 56.2 Å². The van der Waals surface area contributed by atoms with Gasteiger partial charge in [0.05, 0.1) is 23.7 Å². The van der Waals surface area contributed by atoms with Crippen molar-refractivity contribution in [1.29, 1.82) is 0 Å². The van der Waals surface area contributed by atoms with Gasteiger partial charge in [-0.2, -0.15) is 0 Å². The summed E-state index contributed by atoms with van der Waals surface area (Å²) in [6.07, 6.45) is 4.52. The Balaban J connectivity index is 1.65. The van der Waals surface area contributed by atoms with E-state index in [2.05, 4.69) is 4.90 Å². The van der Waals surface area contributed by atoms with E-state index in [0.717, 1.165) is 39.1 Å². The van der Waals surface area contributed by atoms with Gasteiger partial charge in [-0.25, -0.2) is 8.42 Å². The SMILES string of the molecule is O=S1(=O)C[C@H](N2CCOCC2)[C@]12C[C@H]1CC[C@H]2C1. The summed E-state index contributed by atoms with van der Waals surface area (Å²) in [7, 11) is -2.83. The van der Waals surface area contributed by atoms with E-state index in [0.29, 0.717) is 23.6 Å². The summed E-state index contributed by atoms with van der Waals surface area (Å²) < 4.78 is 29.9. The van der Waals surface area contributed by atoms with Gasteiger partial charge < -0.3 is 4.74 Å². The summed E-state index contributed by atoms with van der Waals surface area (Å²) in [5.74, 6) is 1.54. The second kappa shape index (κ2) is 3.70. The zero-order chi connectivity index (χ0) is 12.4. The van der Waals surface area contributed by atoms with Crippen LogP contribution in [0.3, 0.4) is 0 Å². The molecule has 4 atom stereocenters. The summed E-state index contributed by atoms with van der Waals surface area (Å²) >= 11 is 0. The minimum Gasteiger partial charge on any atom is -0.379 e. The lowest BCUT2D eigenvalue weighted by Crippen LogP contribution is -2.72. The van der Waals surface area contributed by atoms with Crippen LogP contribution in [-0.2, 0) is 14.6 Å². The summed E-state index contributed by atoms with van der Waals surface area (Å²) in [5.41, 5.74) is 0. The maximum atomic E-state index is 12.4. The van der Waals surface area contributed by atoms with Gasteiger partial charge in [0.1, 0.15) is 0 Å². The molecule has 0 N–H and O–H groups in total. The summed E-state index contributed by atoms with van der Waals surface area (Å²) in [4.78, 5) is 2.39. The average molecular weight is 271 g/mol. The smallest absolute Gasteiger partial charge is 0.159 e. The van der Waals surface area contributed by atoms with Gasteiger partial charge in [-0.15, -0.1) is 0 Å². The molecule has 5 heteroatoms. The van der Waals surface area contributed by atoms with E-state index in [9.17, 15) is 8.42 Å². The average Bonchev–Trinajstić information content (AvgIpc) is 2.99. The molecule has 1 spiro atoms. The lowest BCUT2D eigenvalue weighted by atomic mass is 9.81.